The van der Waals surface area contributed by atoms with E-state index >= 15 is 0 Å². The molecule has 1 unspecified atom stereocenters. The maximum Gasteiger partial charge on any atom is 0.242 e. The van der Waals surface area contributed by atoms with Gasteiger partial charge in [-0.2, -0.15) is 0 Å². The molecule has 3 N–H and O–H groups in total. The molecule has 0 saturated carbocycles. The van der Waals surface area contributed by atoms with E-state index in [-0.39, 0.29) is 10.7 Å². The van der Waals surface area contributed by atoms with Crippen LogP contribution in [0.2, 0.25) is 0 Å². The van der Waals surface area contributed by atoms with E-state index in [9.17, 15) is 9.59 Å². The molecule has 0 heterocycles. The van der Waals surface area contributed by atoms with Crippen molar-refractivity contribution in [2.24, 2.45) is 5.73 Å². The van der Waals surface area contributed by atoms with Gasteiger partial charge in [0.25, 0.3) is 0 Å². The highest BCUT2D eigenvalue weighted by Crippen LogP contribution is 2.04. The van der Waals surface area contributed by atoms with E-state index in [4.69, 9.17) is 5.73 Å². The van der Waals surface area contributed by atoms with Gasteiger partial charge in [-0.1, -0.05) is 15.9 Å². The first-order chi connectivity index (χ1) is 5.27. The molecular weight excluding hydrogens is 224 g/mol. The van der Waals surface area contributed by atoms with Gasteiger partial charge in [-0.3, -0.25) is 9.59 Å². The molecule has 0 aromatic rings. The predicted octanol–water partition coefficient (Wildman–Crippen LogP) is 0.150. The van der Waals surface area contributed by atoms with Crippen LogP contribution in [0.1, 0.15) is 20.8 Å². The van der Waals surface area contributed by atoms with E-state index in [1.54, 1.807) is 20.8 Å². The summed E-state index contributed by atoms with van der Waals surface area (Å²) in [6.07, 6.45) is 0. The first kappa shape index (κ1) is 11.4. The van der Waals surface area contributed by atoms with E-state index in [0.29, 0.717) is 0 Å². The van der Waals surface area contributed by atoms with E-state index in [1.807, 2.05) is 0 Å². The molecule has 5 heteroatoms. The van der Waals surface area contributed by atoms with E-state index < -0.39 is 11.4 Å². The molecule has 0 bridgehead atoms. The third-order valence-electron chi connectivity index (χ3n) is 1.41. The minimum Gasteiger partial charge on any atom is -0.368 e. The van der Waals surface area contributed by atoms with Crippen LogP contribution in [-0.2, 0) is 9.59 Å². The Morgan fingerprint density at radius 3 is 2.17 bits per heavy atom. The van der Waals surface area contributed by atoms with Gasteiger partial charge in [-0.15, -0.1) is 0 Å². The summed E-state index contributed by atoms with van der Waals surface area (Å²) >= 11 is 3.08. The number of amides is 2. The fourth-order valence-electron chi connectivity index (χ4n) is 0.469. The van der Waals surface area contributed by atoms with Crippen LogP contribution in [0.25, 0.3) is 0 Å². The molecule has 0 aliphatic rings. The number of halogens is 1. The molecule has 2 amide bonds. The number of hydrogen-bond acceptors (Lipinski definition) is 2. The van der Waals surface area contributed by atoms with Gasteiger partial charge in [-0.25, -0.2) is 0 Å². The van der Waals surface area contributed by atoms with Crippen LogP contribution >= 0.6 is 15.9 Å². The summed E-state index contributed by atoms with van der Waals surface area (Å²) in [5, 5.41) is 2.49. The molecule has 0 aromatic heterocycles. The maximum atomic E-state index is 11.1. The Morgan fingerprint density at radius 1 is 1.50 bits per heavy atom. The lowest BCUT2D eigenvalue weighted by Gasteiger charge is -2.22. The highest BCUT2D eigenvalue weighted by molar-refractivity contribution is 9.10. The van der Waals surface area contributed by atoms with Crippen LogP contribution in [-0.4, -0.2) is 22.2 Å². The Morgan fingerprint density at radius 2 is 1.92 bits per heavy atom. The second-order valence-corrected chi connectivity index (χ2v) is 4.47. The van der Waals surface area contributed by atoms with Crippen molar-refractivity contribution in [1.29, 1.82) is 0 Å². The summed E-state index contributed by atoms with van der Waals surface area (Å²) in [5.41, 5.74) is 4.06. The summed E-state index contributed by atoms with van der Waals surface area (Å²) in [7, 11) is 0. The van der Waals surface area contributed by atoms with Crippen molar-refractivity contribution < 1.29 is 9.59 Å². The van der Waals surface area contributed by atoms with Gasteiger partial charge >= 0.3 is 0 Å². The normalized spacial score (nSPS) is 13.7. The fraction of sp³-hybridized carbons (Fsp3) is 0.714. The number of alkyl halides is 1. The van der Waals surface area contributed by atoms with Crippen molar-refractivity contribution in [1.82, 2.24) is 5.32 Å². The van der Waals surface area contributed by atoms with Gasteiger partial charge in [0.15, 0.2) is 0 Å². The van der Waals surface area contributed by atoms with Crippen LogP contribution in [0.4, 0.5) is 0 Å². The van der Waals surface area contributed by atoms with Gasteiger partial charge in [0.2, 0.25) is 11.8 Å². The van der Waals surface area contributed by atoms with Crippen LogP contribution < -0.4 is 11.1 Å². The van der Waals surface area contributed by atoms with Crippen molar-refractivity contribution in [3.63, 3.8) is 0 Å². The zero-order valence-corrected chi connectivity index (χ0v) is 8.94. The Balaban J connectivity index is 4.25. The van der Waals surface area contributed by atoms with Gasteiger partial charge < -0.3 is 11.1 Å². The first-order valence-corrected chi connectivity index (χ1v) is 4.45. The third kappa shape index (κ3) is 3.21. The largest absolute Gasteiger partial charge is 0.368 e. The van der Waals surface area contributed by atoms with Gasteiger partial charge in [0.05, 0.1) is 4.83 Å². The molecular formula is C7H13BrN2O2. The topological polar surface area (TPSA) is 72.2 Å². The highest BCUT2D eigenvalue weighted by Gasteiger charge is 2.27. The molecule has 0 aliphatic heterocycles. The van der Waals surface area contributed by atoms with Crippen LogP contribution in [0.15, 0.2) is 0 Å². The molecule has 1 atom stereocenters. The lowest BCUT2D eigenvalue weighted by atomic mass is 10.1. The summed E-state index contributed by atoms with van der Waals surface area (Å²) in [5.74, 6) is -0.803. The molecule has 0 aromatic carbocycles. The maximum absolute atomic E-state index is 11.1. The van der Waals surface area contributed by atoms with Crippen LogP contribution in [0, 0.1) is 0 Å². The van der Waals surface area contributed by atoms with Gasteiger partial charge in [0, 0.05) is 0 Å². The standard InChI is InChI=1S/C7H13BrN2O2/c1-4(8)5(11)10-7(2,3)6(9)12/h4H,1-3H3,(H2,9,12)(H,10,11). The van der Waals surface area contributed by atoms with Crippen molar-refractivity contribution >= 4 is 27.7 Å². The average molecular weight is 237 g/mol. The third-order valence-corrected chi connectivity index (χ3v) is 1.83. The zero-order chi connectivity index (χ0) is 9.94. The number of nitrogens with two attached hydrogens (primary N) is 1. The Hall–Kier alpha value is -0.580. The van der Waals surface area contributed by atoms with Crippen molar-refractivity contribution in [2.75, 3.05) is 0 Å². The van der Waals surface area contributed by atoms with E-state index in [1.165, 1.54) is 0 Å². The SMILES string of the molecule is CC(Br)C(=O)NC(C)(C)C(N)=O. The number of carbonyl (C=O) groups is 2. The van der Waals surface area contributed by atoms with Crippen molar-refractivity contribution in [2.45, 2.75) is 31.1 Å². The molecule has 0 aliphatic carbocycles. The molecule has 0 radical (unpaired) electrons. The number of rotatable bonds is 3. The molecule has 0 rings (SSSR count). The second kappa shape index (κ2) is 3.89. The zero-order valence-electron chi connectivity index (χ0n) is 7.35. The highest BCUT2D eigenvalue weighted by atomic mass is 79.9. The van der Waals surface area contributed by atoms with Crippen molar-refractivity contribution in [3.05, 3.63) is 0 Å². The van der Waals surface area contributed by atoms with E-state index in [2.05, 4.69) is 21.2 Å². The monoisotopic (exact) mass is 236 g/mol. The summed E-state index contributed by atoms with van der Waals surface area (Å²) in [6.45, 7) is 4.79. The van der Waals surface area contributed by atoms with Gasteiger partial charge in [-0.05, 0) is 20.8 Å². The summed E-state index contributed by atoms with van der Waals surface area (Å²) in [6, 6.07) is 0. The number of primary amides is 1. The smallest absolute Gasteiger partial charge is 0.242 e. The first-order valence-electron chi connectivity index (χ1n) is 3.53. The minimum absolute atomic E-state index is 0.251. The number of nitrogens with one attached hydrogen (secondary N) is 1. The Bertz CT molecular complexity index is 202. The molecule has 4 nitrogen and oxygen atoms in total. The fourth-order valence-corrected chi connectivity index (χ4v) is 0.584. The van der Waals surface area contributed by atoms with Gasteiger partial charge in [0.1, 0.15) is 5.54 Å². The number of carbonyl (C=O) groups excluding carboxylic acids is 2. The van der Waals surface area contributed by atoms with Crippen molar-refractivity contribution in [3.8, 4) is 0 Å². The van der Waals surface area contributed by atoms with Crippen LogP contribution in [0.3, 0.4) is 0 Å². The molecule has 0 spiro atoms. The average Bonchev–Trinajstić information content (AvgIpc) is 1.85. The number of hydrogen-bond donors (Lipinski definition) is 2. The molecule has 70 valence electrons. The lowest BCUT2D eigenvalue weighted by Crippen LogP contribution is -2.54. The molecule has 12 heavy (non-hydrogen) atoms. The summed E-state index contributed by atoms with van der Waals surface area (Å²) in [4.78, 5) is 21.5. The quantitative estimate of drug-likeness (QED) is 0.686. The van der Waals surface area contributed by atoms with E-state index in [0.717, 1.165) is 0 Å². The van der Waals surface area contributed by atoms with Crippen LogP contribution in [0.5, 0.6) is 0 Å². The molecule has 0 fully saturated rings. The second-order valence-electron chi connectivity index (χ2n) is 3.09. The Labute approximate surface area is 80.0 Å². The summed E-state index contributed by atoms with van der Waals surface area (Å²) < 4.78 is 0. The minimum atomic E-state index is -0.987. The predicted molar refractivity (Wildman–Crippen MR) is 49.8 cm³/mol. The Kier molecular flexibility index (Phi) is 3.70. The lowest BCUT2D eigenvalue weighted by molar-refractivity contribution is -0.129. The molecule has 0 saturated heterocycles.